The molecule has 0 heterocycles. The van der Waals surface area contributed by atoms with E-state index in [0.717, 1.165) is 24.2 Å². The molecule has 0 N–H and O–H groups in total. The van der Waals surface area contributed by atoms with Crippen molar-refractivity contribution in [3.05, 3.63) is 0 Å². The van der Waals surface area contributed by atoms with E-state index >= 15 is 0 Å². The van der Waals surface area contributed by atoms with Crippen LogP contribution in [0.2, 0.25) is 17.5 Å². The summed E-state index contributed by atoms with van der Waals surface area (Å²) in [6.07, 6.45) is 4.00. The number of hydrogen-bond donors (Lipinski definition) is 0. The van der Waals surface area contributed by atoms with Gasteiger partial charge in [-0.3, -0.25) is 0 Å². The maximum absolute atomic E-state index is 2.42. The van der Waals surface area contributed by atoms with E-state index in [4.69, 9.17) is 0 Å². The molecular formula is C12H27BK. The van der Waals surface area contributed by atoms with Gasteiger partial charge in [-0.05, 0) is 0 Å². The molecule has 2 heteroatoms. The minimum Gasteiger partial charge on any atom is -0.0691 e. The summed E-state index contributed by atoms with van der Waals surface area (Å²) in [5.41, 5.74) is 0. The average molecular weight is 221 g/mol. The Morgan fingerprint density at radius 3 is 1.07 bits per heavy atom. The molecule has 0 aromatic carbocycles. The zero-order chi connectivity index (χ0) is 10.4. The largest absolute Gasteiger partial charge is 0.148 e. The summed E-state index contributed by atoms with van der Waals surface area (Å²) in [7, 11) is 0. The van der Waals surface area contributed by atoms with Gasteiger partial charge in [-0.25, -0.2) is 0 Å². The van der Waals surface area contributed by atoms with Crippen LogP contribution in [0.5, 0.6) is 0 Å². The molecule has 0 nitrogen and oxygen atoms in total. The third kappa shape index (κ3) is 5.69. The maximum Gasteiger partial charge on any atom is 0.148 e. The first-order chi connectivity index (χ1) is 6.08. The number of hydrogen-bond acceptors (Lipinski definition) is 0. The second kappa shape index (κ2) is 9.89. The molecule has 3 unspecified atom stereocenters. The molecule has 1 radical (unpaired) electrons. The first-order valence-electron chi connectivity index (χ1n) is 6.08. The fourth-order valence-corrected chi connectivity index (χ4v) is 2.50. The normalized spacial score (nSPS) is 16.7. The predicted molar refractivity (Wildman–Crippen MR) is 70.7 cm³/mol. The van der Waals surface area contributed by atoms with Gasteiger partial charge in [-0.15, -0.1) is 0 Å². The van der Waals surface area contributed by atoms with Crippen molar-refractivity contribution in [2.45, 2.75) is 78.3 Å². The first-order valence-corrected chi connectivity index (χ1v) is 6.08. The molecule has 0 aliphatic rings. The molecule has 0 spiro atoms. The second-order valence-electron chi connectivity index (χ2n) is 4.73. The van der Waals surface area contributed by atoms with Gasteiger partial charge in [0.1, 0.15) is 6.71 Å². The van der Waals surface area contributed by atoms with Crippen molar-refractivity contribution in [1.82, 2.24) is 0 Å². The third-order valence-electron chi connectivity index (χ3n) is 3.90. The topological polar surface area (TPSA) is 0 Å². The second-order valence-corrected chi connectivity index (χ2v) is 4.73. The molecule has 0 aromatic rings. The van der Waals surface area contributed by atoms with Gasteiger partial charge >= 0.3 is 0 Å². The Morgan fingerprint density at radius 1 is 0.714 bits per heavy atom. The summed E-state index contributed by atoms with van der Waals surface area (Å²) < 4.78 is 0. The molecule has 0 saturated heterocycles. The minimum absolute atomic E-state index is 0. The van der Waals surface area contributed by atoms with Crippen LogP contribution in [-0.2, 0) is 0 Å². The summed E-state index contributed by atoms with van der Waals surface area (Å²) in [6.45, 7) is 15.2. The molecule has 0 aromatic heterocycles. The van der Waals surface area contributed by atoms with Crippen LogP contribution in [0.25, 0.3) is 0 Å². The van der Waals surface area contributed by atoms with E-state index in [2.05, 4.69) is 41.5 Å². The van der Waals surface area contributed by atoms with Gasteiger partial charge in [0.05, 0.1) is 0 Å². The summed E-state index contributed by atoms with van der Waals surface area (Å²) in [6, 6.07) is 0. The van der Waals surface area contributed by atoms with Crippen molar-refractivity contribution in [2.75, 3.05) is 0 Å². The SMILES string of the molecule is CCC(C)B(C(C)CC)C(C)CC.[K]. The van der Waals surface area contributed by atoms with Gasteiger partial charge in [-0.1, -0.05) is 78.3 Å². The van der Waals surface area contributed by atoms with Gasteiger partial charge in [0, 0.05) is 51.4 Å². The van der Waals surface area contributed by atoms with Gasteiger partial charge in [0.2, 0.25) is 0 Å². The fraction of sp³-hybridized carbons (Fsp3) is 1.00. The molecule has 79 valence electrons. The molecular weight excluding hydrogens is 194 g/mol. The Hall–Kier alpha value is 1.70. The summed E-state index contributed by atoms with van der Waals surface area (Å²) in [5, 5.41) is 0. The van der Waals surface area contributed by atoms with E-state index in [1.165, 1.54) is 19.3 Å². The zero-order valence-electron chi connectivity index (χ0n) is 11.4. The zero-order valence-corrected chi connectivity index (χ0v) is 14.6. The van der Waals surface area contributed by atoms with E-state index in [1.807, 2.05) is 0 Å². The van der Waals surface area contributed by atoms with Crippen LogP contribution in [0.3, 0.4) is 0 Å². The molecule has 0 rings (SSSR count). The van der Waals surface area contributed by atoms with Crippen molar-refractivity contribution in [2.24, 2.45) is 0 Å². The van der Waals surface area contributed by atoms with Gasteiger partial charge in [0.25, 0.3) is 0 Å². The molecule has 0 aliphatic carbocycles. The third-order valence-corrected chi connectivity index (χ3v) is 3.90. The van der Waals surface area contributed by atoms with Crippen molar-refractivity contribution in [3.63, 3.8) is 0 Å². The van der Waals surface area contributed by atoms with Crippen LogP contribution in [0.4, 0.5) is 0 Å². The van der Waals surface area contributed by atoms with Crippen LogP contribution < -0.4 is 0 Å². The van der Waals surface area contributed by atoms with E-state index in [1.54, 1.807) is 0 Å². The Bertz CT molecular complexity index is 104. The summed E-state index contributed by atoms with van der Waals surface area (Å²) in [4.78, 5) is 0. The van der Waals surface area contributed by atoms with Crippen molar-refractivity contribution < 1.29 is 0 Å². The molecule has 0 saturated carbocycles. The van der Waals surface area contributed by atoms with Crippen molar-refractivity contribution in [1.29, 1.82) is 0 Å². The van der Waals surface area contributed by atoms with Crippen molar-refractivity contribution >= 4 is 58.1 Å². The molecule has 0 amide bonds. The summed E-state index contributed by atoms with van der Waals surface area (Å²) in [5.74, 6) is 2.68. The van der Waals surface area contributed by atoms with Crippen LogP contribution in [-0.4, -0.2) is 58.1 Å². The monoisotopic (exact) mass is 221 g/mol. The van der Waals surface area contributed by atoms with E-state index < -0.39 is 0 Å². The summed E-state index contributed by atoms with van der Waals surface area (Å²) >= 11 is 0. The van der Waals surface area contributed by atoms with E-state index in [9.17, 15) is 0 Å². The molecule has 0 bridgehead atoms. The fourth-order valence-electron chi connectivity index (χ4n) is 2.50. The van der Waals surface area contributed by atoms with Gasteiger partial charge in [-0.2, -0.15) is 0 Å². The Kier molecular flexibility index (Phi) is 12.8. The molecule has 14 heavy (non-hydrogen) atoms. The number of rotatable bonds is 6. The average Bonchev–Trinajstić information content (AvgIpc) is 2.16. The Morgan fingerprint density at radius 2 is 0.929 bits per heavy atom. The predicted octanol–water partition coefficient (Wildman–Crippen LogP) is 4.50. The Balaban J connectivity index is 0. The van der Waals surface area contributed by atoms with Gasteiger partial charge in [0.15, 0.2) is 0 Å². The van der Waals surface area contributed by atoms with E-state index in [-0.39, 0.29) is 51.4 Å². The quantitative estimate of drug-likeness (QED) is 0.579. The molecule has 3 atom stereocenters. The minimum atomic E-state index is 0. The van der Waals surface area contributed by atoms with Crippen LogP contribution in [0.1, 0.15) is 60.8 Å². The molecule has 0 fully saturated rings. The molecule has 0 aliphatic heterocycles. The Labute approximate surface area is 134 Å². The van der Waals surface area contributed by atoms with Crippen LogP contribution in [0.15, 0.2) is 0 Å². The van der Waals surface area contributed by atoms with Gasteiger partial charge < -0.3 is 0 Å². The first kappa shape index (κ1) is 18.1. The van der Waals surface area contributed by atoms with Crippen LogP contribution in [0, 0.1) is 0 Å². The van der Waals surface area contributed by atoms with E-state index in [0.29, 0.717) is 0 Å². The van der Waals surface area contributed by atoms with Crippen LogP contribution >= 0.6 is 0 Å². The smallest absolute Gasteiger partial charge is 0.0691 e. The van der Waals surface area contributed by atoms with Crippen molar-refractivity contribution in [3.8, 4) is 0 Å². The maximum atomic E-state index is 2.42. The standard InChI is InChI=1S/C12H27B.K/c1-7-10(4)13(11(5)8-2)12(6)9-3;/h10-12H,7-9H2,1-6H3;.